The highest BCUT2D eigenvalue weighted by atomic mass is 14.6. The number of rotatable bonds is 7. The third-order valence-electron chi connectivity index (χ3n) is 10.7. The lowest BCUT2D eigenvalue weighted by atomic mass is 9.47. The van der Waals surface area contributed by atoms with Crippen LogP contribution in [0.15, 0.2) is 11.6 Å². The average molecular weight is 529 g/mol. The molecular weight excluding hydrogens is 460 g/mol. The van der Waals surface area contributed by atoms with E-state index in [0.29, 0.717) is 16.9 Å². The summed E-state index contributed by atoms with van der Waals surface area (Å²) in [6.07, 6.45) is 30.9. The van der Waals surface area contributed by atoms with Crippen molar-refractivity contribution in [1.29, 1.82) is 0 Å². The Balaban J connectivity index is 0.000000563. The fraction of sp³-hybridized carbons (Fsp3) is 0.889. The predicted octanol–water partition coefficient (Wildman–Crippen LogP) is 9.77. The van der Waals surface area contributed by atoms with Crippen LogP contribution in [0.1, 0.15) is 145 Å². The van der Waals surface area contributed by atoms with Gasteiger partial charge in [-0.3, -0.25) is 0 Å². The van der Waals surface area contributed by atoms with Crippen LogP contribution in [0.4, 0.5) is 0 Å². The number of unbranched alkanes of at least 4 members (excludes halogenated alkanes) is 2. The number of hydrogen-bond acceptors (Lipinski definition) is 2. The standard InChI is InChI=1S/C27H46.C4H11N.C3H9N.C2H2/c1-19(2)8-6-7-9-21-11-13-24-23-12-10-22-18-20(3)14-16-27(22,5)25(23)15-17-26(21,24)4;1-2-3-4-5;1-3(2)4;1-2/h10,19-21,23-25H,6-9,11-18H2,1-5H3;2-5H2,1H3;3H,4H2,1-2H3;1-2H. The van der Waals surface area contributed by atoms with Gasteiger partial charge in [0.25, 0.3) is 0 Å². The SMILES string of the molecule is C#C.CC(C)CCCCC1CCC2C3CC=C4CC(C)CCC4(C)C3CCC12C.CC(C)N.CCCCN. The van der Waals surface area contributed by atoms with Gasteiger partial charge in [-0.25, -0.2) is 0 Å². The molecule has 222 valence electrons. The first kappa shape index (κ1) is 35.2. The maximum absolute atomic E-state index is 5.14. The Hall–Kier alpha value is -0.780. The molecule has 4 aliphatic rings. The molecule has 0 saturated heterocycles. The average Bonchev–Trinajstić information content (AvgIpc) is 3.20. The number of terminal acetylenes is 1. The van der Waals surface area contributed by atoms with E-state index in [0.717, 1.165) is 42.1 Å². The Bertz CT molecular complexity index is 686. The zero-order chi connectivity index (χ0) is 28.9. The van der Waals surface area contributed by atoms with Crippen molar-refractivity contribution in [2.24, 2.45) is 57.8 Å². The summed E-state index contributed by atoms with van der Waals surface area (Å²) < 4.78 is 0. The molecule has 0 aromatic carbocycles. The van der Waals surface area contributed by atoms with Crippen LogP contribution in [0.3, 0.4) is 0 Å². The largest absolute Gasteiger partial charge is 0.330 e. The fourth-order valence-corrected chi connectivity index (χ4v) is 8.57. The molecule has 4 aliphatic carbocycles. The molecule has 2 heteroatoms. The Morgan fingerprint density at radius 2 is 1.61 bits per heavy atom. The third kappa shape index (κ3) is 9.41. The van der Waals surface area contributed by atoms with Crippen molar-refractivity contribution in [2.45, 2.75) is 151 Å². The summed E-state index contributed by atoms with van der Waals surface area (Å²) >= 11 is 0. The second kappa shape index (κ2) is 17.1. The number of allylic oxidation sites excluding steroid dienone is 2. The molecule has 0 aromatic rings. The molecule has 0 aromatic heterocycles. The molecule has 0 aliphatic heterocycles. The fourth-order valence-electron chi connectivity index (χ4n) is 8.57. The minimum absolute atomic E-state index is 0.333. The third-order valence-corrected chi connectivity index (χ3v) is 10.7. The minimum atomic E-state index is 0.333. The first-order valence-corrected chi connectivity index (χ1v) is 16.5. The predicted molar refractivity (Wildman–Crippen MR) is 171 cm³/mol. The first-order chi connectivity index (χ1) is 18.0. The maximum Gasteiger partial charge on any atom is -0.00179 e. The van der Waals surface area contributed by atoms with Gasteiger partial charge in [0.05, 0.1) is 0 Å². The van der Waals surface area contributed by atoms with E-state index in [-0.39, 0.29) is 0 Å². The van der Waals surface area contributed by atoms with E-state index in [4.69, 9.17) is 11.5 Å². The lowest BCUT2D eigenvalue weighted by Gasteiger charge is -2.58. The smallest absolute Gasteiger partial charge is 0.00179 e. The highest BCUT2D eigenvalue weighted by Crippen LogP contribution is 2.67. The summed E-state index contributed by atoms with van der Waals surface area (Å²) in [7, 11) is 0. The van der Waals surface area contributed by atoms with Gasteiger partial charge >= 0.3 is 0 Å². The van der Waals surface area contributed by atoms with Crippen LogP contribution in [-0.4, -0.2) is 12.6 Å². The topological polar surface area (TPSA) is 52.0 Å². The molecule has 0 bridgehead atoms. The zero-order valence-electron chi connectivity index (χ0n) is 27.0. The molecule has 0 amide bonds. The quantitative estimate of drug-likeness (QED) is 0.196. The molecule has 0 radical (unpaired) electrons. The van der Waals surface area contributed by atoms with Gasteiger partial charge in [0.1, 0.15) is 0 Å². The lowest BCUT2D eigenvalue weighted by molar-refractivity contribution is -0.0450. The van der Waals surface area contributed by atoms with E-state index in [9.17, 15) is 0 Å². The van der Waals surface area contributed by atoms with Crippen LogP contribution in [0.25, 0.3) is 0 Å². The normalized spacial score (nSPS) is 35.2. The molecule has 2 nitrogen and oxygen atoms in total. The molecular formula is C36H68N2. The van der Waals surface area contributed by atoms with Crippen molar-refractivity contribution < 1.29 is 0 Å². The van der Waals surface area contributed by atoms with E-state index >= 15 is 0 Å². The van der Waals surface area contributed by atoms with Gasteiger partial charge in [-0.15, -0.1) is 12.8 Å². The summed E-state index contributed by atoms with van der Waals surface area (Å²) in [4.78, 5) is 0. The molecule has 3 fully saturated rings. The van der Waals surface area contributed by atoms with Gasteiger partial charge in [0, 0.05) is 0 Å². The zero-order valence-corrected chi connectivity index (χ0v) is 27.0. The van der Waals surface area contributed by atoms with Crippen molar-refractivity contribution in [3.63, 3.8) is 0 Å². The van der Waals surface area contributed by atoms with Crippen molar-refractivity contribution in [3.8, 4) is 12.8 Å². The van der Waals surface area contributed by atoms with Crippen LogP contribution in [0, 0.1) is 59.2 Å². The molecule has 0 spiro atoms. The summed E-state index contributed by atoms with van der Waals surface area (Å²) in [6, 6.07) is 0.333. The monoisotopic (exact) mass is 529 g/mol. The van der Waals surface area contributed by atoms with E-state index < -0.39 is 0 Å². The molecule has 4 rings (SSSR count). The van der Waals surface area contributed by atoms with Gasteiger partial charge in [-0.05, 0) is 123 Å². The van der Waals surface area contributed by atoms with Crippen molar-refractivity contribution in [2.75, 3.05) is 6.54 Å². The van der Waals surface area contributed by atoms with E-state index in [1.165, 1.54) is 83.5 Å². The van der Waals surface area contributed by atoms with Crippen LogP contribution in [0.5, 0.6) is 0 Å². The summed E-state index contributed by atoms with van der Waals surface area (Å²) in [5, 5.41) is 0. The second-order valence-electron chi connectivity index (χ2n) is 14.5. The number of nitrogens with two attached hydrogens (primary N) is 2. The first-order valence-electron chi connectivity index (χ1n) is 16.5. The minimum Gasteiger partial charge on any atom is -0.330 e. The van der Waals surface area contributed by atoms with E-state index in [2.05, 4.69) is 60.5 Å². The van der Waals surface area contributed by atoms with E-state index in [1.807, 2.05) is 19.4 Å². The van der Waals surface area contributed by atoms with Crippen LogP contribution >= 0.6 is 0 Å². The number of fused-ring (bicyclic) bond motifs is 5. The highest BCUT2D eigenvalue weighted by Gasteiger charge is 2.58. The second-order valence-corrected chi connectivity index (χ2v) is 14.5. The Labute approximate surface area is 239 Å². The van der Waals surface area contributed by atoms with Crippen LogP contribution in [0.2, 0.25) is 0 Å². The van der Waals surface area contributed by atoms with E-state index in [1.54, 1.807) is 6.42 Å². The summed E-state index contributed by atoms with van der Waals surface area (Å²) in [6.45, 7) is 19.5. The van der Waals surface area contributed by atoms with Gasteiger partial charge in [-0.1, -0.05) is 92.7 Å². The lowest BCUT2D eigenvalue weighted by Crippen LogP contribution is -2.49. The molecule has 7 unspecified atom stereocenters. The molecule has 0 heterocycles. The van der Waals surface area contributed by atoms with Gasteiger partial charge in [0.2, 0.25) is 0 Å². The highest BCUT2D eigenvalue weighted by molar-refractivity contribution is 5.25. The van der Waals surface area contributed by atoms with Crippen molar-refractivity contribution >= 4 is 0 Å². The Kier molecular flexibility index (Phi) is 15.9. The summed E-state index contributed by atoms with van der Waals surface area (Å²) in [5.74, 6) is 5.88. The Morgan fingerprint density at radius 1 is 0.947 bits per heavy atom. The summed E-state index contributed by atoms with van der Waals surface area (Å²) in [5.41, 5.74) is 13.4. The van der Waals surface area contributed by atoms with Gasteiger partial charge in [-0.2, -0.15) is 0 Å². The van der Waals surface area contributed by atoms with Crippen LogP contribution in [-0.2, 0) is 0 Å². The van der Waals surface area contributed by atoms with Crippen molar-refractivity contribution in [1.82, 2.24) is 0 Å². The van der Waals surface area contributed by atoms with Crippen molar-refractivity contribution in [3.05, 3.63) is 11.6 Å². The number of hydrogen-bond donors (Lipinski definition) is 2. The molecule has 3 saturated carbocycles. The Morgan fingerprint density at radius 3 is 2.16 bits per heavy atom. The maximum atomic E-state index is 5.14. The molecule has 4 N–H and O–H groups in total. The van der Waals surface area contributed by atoms with Crippen LogP contribution < -0.4 is 11.5 Å². The molecule has 38 heavy (non-hydrogen) atoms. The molecule has 7 atom stereocenters. The van der Waals surface area contributed by atoms with Gasteiger partial charge in [0.15, 0.2) is 0 Å². The van der Waals surface area contributed by atoms with Gasteiger partial charge < -0.3 is 11.5 Å².